The van der Waals surface area contributed by atoms with Crippen molar-refractivity contribution in [2.45, 2.75) is 71.1 Å². The molecule has 69 heavy (non-hydrogen) atoms. The number of nitrogens with zero attached hydrogens (tertiary/aromatic N) is 3. The number of hydrogen-bond acceptors (Lipinski definition) is 18. The molecule has 23 nitrogen and oxygen atoms in total. The molecule has 0 saturated carbocycles. The monoisotopic (exact) mass is 1060 g/mol. The molecule has 1 saturated heterocycles. The van der Waals surface area contributed by atoms with Crippen molar-refractivity contribution in [1.82, 2.24) is 14.9 Å². The van der Waals surface area contributed by atoms with E-state index in [-0.39, 0.29) is 35.8 Å². The minimum absolute atomic E-state index is 0.0312. The molecule has 1 aliphatic carbocycles. The number of aryl methyl sites for hydroxylation is 2. The lowest BCUT2D eigenvalue weighted by atomic mass is 9.88. The molecule has 0 bridgehead atoms. The van der Waals surface area contributed by atoms with Gasteiger partial charge in [0.1, 0.15) is 35.4 Å². The molecule has 0 radical (unpaired) electrons. The molecule has 3 aliphatic rings. The van der Waals surface area contributed by atoms with Gasteiger partial charge in [-0.3, -0.25) is 18.9 Å². The number of rotatable bonds is 21. The summed E-state index contributed by atoms with van der Waals surface area (Å²) in [6.45, 7) is 12.0. The Hall–Kier alpha value is -4.42. The molecule has 9 N–H and O–H groups in total. The molecule has 3 unspecified atom stereocenters. The first-order chi connectivity index (χ1) is 32.3. The number of hydrogen-bond donors (Lipinski definition) is 8. The zero-order chi connectivity index (χ0) is 50.6. The molecule has 3 aromatic rings. The van der Waals surface area contributed by atoms with Gasteiger partial charge in [-0.2, -0.15) is 13.6 Å². The summed E-state index contributed by atoms with van der Waals surface area (Å²) in [5.74, 6) is -1.36. The SMILES string of the molecule is CCN=c1cc2oc3cc(NCC)c(C)cc3c(-c3ccc(C(=O)NCC(C)(C)SSCOC4C[C@H](n5ccc(N)nc5=O)O[C@@H]4COP(=O)(O)OP(=O)(O)OP(=O)(O)O)cc3C(=O)O)c-2cc1C. The van der Waals surface area contributed by atoms with E-state index in [0.717, 1.165) is 26.7 Å². The van der Waals surface area contributed by atoms with Gasteiger partial charge in [0.05, 0.1) is 23.6 Å². The number of phosphoric acid groups is 3. The molecule has 1 fully saturated rings. The molecule has 374 valence electrons. The number of carbonyl (C=O) groups excluding carboxylic acids is 1. The fraction of sp³-hybridized carbons (Fsp3) is 0.390. The van der Waals surface area contributed by atoms with Crippen LogP contribution in [0.15, 0.2) is 68.9 Å². The van der Waals surface area contributed by atoms with Gasteiger partial charge < -0.3 is 54.9 Å². The Kier molecular flexibility index (Phi) is 17.1. The van der Waals surface area contributed by atoms with E-state index < -0.39 is 70.8 Å². The fourth-order valence-corrected chi connectivity index (χ4v) is 12.5. The molecule has 1 amide bonds. The zero-order valence-corrected chi connectivity index (χ0v) is 42.2. The van der Waals surface area contributed by atoms with Gasteiger partial charge >= 0.3 is 35.1 Å². The number of carboxylic acids is 1. The number of aromatic carboxylic acids is 1. The van der Waals surface area contributed by atoms with Crippen LogP contribution in [0.5, 0.6) is 0 Å². The Morgan fingerprint density at radius 2 is 1.74 bits per heavy atom. The summed E-state index contributed by atoms with van der Waals surface area (Å²) in [4.78, 5) is 84.8. The van der Waals surface area contributed by atoms with E-state index >= 15 is 0 Å². The van der Waals surface area contributed by atoms with Crippen molar-refractivity contribution in [3.05, 3.63) is 92.8 Å². The Morgan fingerprint density at radius 1 is 1.00 bits per heavy atom. The maximum atomic E-state index is 13.7. The van der Waals surface area contributed by atoms with Crippen molar-refractivity contribution in [2.75, 3.05) is 43.2 Å². The lowest BCUT2D eigenvalue weighted by Crippen LogP contribution is -2.36. The zero-order valence-electron chi connectivity index (χ0n) is 37.9. The van der Waals surface area contributed by atoms with Gasteiger partial charge in [0.2, 0.25) is 0 Å². The number of nitrogens with one attached hydrogen (secondary N) is 2. The van der Waals surface area contributed by atoms with E-state index in [1.165, 1.54) is 39.9 Å². The lowest BCUT2D eigenvalue weighted by molar-refractivity contribution is -0.0543. The molecule has 3 heterocycles. The second-order valence-corrected chi connectivity index (χ2v) is 23.5. The fourth-order valence-electron chi connectivity index (χ4n) is 7.32. The Bertz CT molecular complexity index is 3000. The first kappa shape index (κ1) is 53.9. The van der Waals surface area contributed by atoms with Crippen LogP contribution in [0.3, 0.4) is 0 Å². The van der Waals surface area contributed by atoms with Crippen LogP contribution in [0.1, 0.15) is 72.2 Å². The molecule has 1 aromatic heterocycles. The number of anilines is 2. The third-order valence-electron chi connectivity index (χ3n) is 10.3. The maximum Gasteiger partial charge on any atom is 0.490 e. The van der Waals surface area contributed by atoms with Gasteiger partial charge in [0.15, 0.2) is 0 Å². The summed E-state index contributed by atoms with van der Waals surface area (Å²) in [5, 5.41) is 18.3. The van der Waals surface area contributed by atoms with Crippen LogP contribution >= 0.6 is 45.1 Å². The standard InChI is InChI=1S/C41H51N6O17P3S2/c1-7-43-29-16-31-27(13-22(29)3)37(28-14-23(4)30(44-8-2)17-32(28)61-31)25-10-9-24(15-26(25)39(49)50)38(48)45-20-41(5,6)69-68-21-59-33-18-36(47-12-11-35(42)46-40(47)51)62-34(33)19-60-66(55,56)64-67(57,58)63-65(52,53)54/h9-17,33-34,36,43H,7-8,18-21H2,1-6H3,(H,45,48)(H,49,50)(H,55,56)(H,57,58)(H2,42,46,51)(H2,52,53,54)/t33?,34-,36-/m1/s1. The summed E-state index contributed by atoms with van der Waals surface area (Å²) in [5.41, 5.74) is 9.75. The number of fused-ring (bicyclic) bond motifs is 2. The molecular formula is C41H51N6O17P3S2. The first-order valence-electron chi connectivity index (χ1n) is 20.9. The number of ether oxygens (including phenoxy) is 2. The van der Waals surface area contributed by atoms with Crippen LogP contribution < -0.4 is 27.4 Å². The van der Waals surface area contributed by atoms with E-state index in [4.69, 9.17) is 33.9 Å². The van der Waals surface area contributed by atoms with Crippen LogP contribution in [0.25, 0.3) is 33.4 Å². The van der Waals surface area contributed by atoms with Gasteiger partial charge in [0, 0.05) is 76.9 Å². The number of amides is 1. The summed E-state index contributed by atoms with van der Waals surface area (Å²) < 4.78 is 66.4. The second-order valence-electron chi connectivity index (χ2n) is 16.1. The highest BCUT2D eigenvalue weighted by Crippen LogP contribution is 2.66. The van der Waals surface area contributed by atoms with E-state index in [2.05, 4.69) is 29.2 Å². The third kappa shape index (κ3) is 13.9. The minimum Gasteiger partial charge on any atom is -0.478 e. The molecule has 0 spiro atoms. The van der Waals surface area contributed by atoms with Crippen LogP contribution in [-0.2, 0) is 36.3 Å². The number of carbonyl (C=O) groups is 2. The predicted octanol–water partition coefficient (Wildman–Crippen LogP) is 6.57. The van der Waals surface area contributed by atoms with Gasteiger partial charge in [-0.15, -0.1) is 0 Å². The van der Waals surface area contributed by atoms with Crippen molar-refractivity contribution < 1.29 is 75.0 Å². The number of nitrogens with two attached hydrogens (primary N) is 1. The Labute approximate surface area is 402 Å². The van der Waals surface area contributed by atoms with Crippen LogP contribution in [0, 0.1) is 13.8 Å². The van der Waals surface area contributed by atoms with Crippen LogP contribution in [0.4, 0.5) is 11.5 Å². The molecule has 6 rings (SSSR count). The largest absolute Gasteiger partial charge is 0.490 e. The Morgan fingerprint density at radius 3 is 2.41 bits per heavy atom. The second kappa shape index (κ2) is 21.9. The van der Waals surface area contributed by atoms with E-state index in [1.807, 2.05) is 65.8 Å². The van der Waals surface area contributed by atoms with E-state index in [0.29, 0.717) is 46.5 Å². The molecule has 2 aromatic carbocycles. The summed E-state index contributed by atoms with van der Waals surface area (Å²) >= 11 is 0. The highest BCUT2D eigenvalue weighted by Gasteiger charge is 2.44. The van der Waals surface area contributed by atoms with Crippen molar-refractivity contribution >= 4 is 79.4 Å². The number of nitrogen functional groups attached to an aromatic ring is 1. The van der Waals surface area contributed by atoms with Crippen molar-refractivity contribution in [1.29, 1.82) is 0 Å². The van der Waals surface area contributed by atoms with Crippen molar-refractivity contribution in [2.24, 2.45) is 4.99 Å². The summed E-state index contributed by atoms with van der Waals surface area (Å²) in [7, 11) is -14.4. The minimum atomic E-state index is -5.80. The highest BCUT2D eigenvalue weighted by atomic mass is 33.1. The van der Waals surface area contributed by atoms with Crippen LogP contribution in [-0.4, -0.2) is 95.2 Å². The number of benzene rings is 3. The van der Waals surface area contributed by atoms with Crippen LogP contribution in [0.2, 0.25) is 0 Å². The van der Waals surface area contributed by atoms with E-state index in [1.54, 1.807) is 12.1 Å². The normalized spacial score (nSPS) is 18.6. The molecule has 2 aliphatic heterocycles. The van der Waals surface area contributed by atoms with Gasteiger partial charge in [-0.1, -0.05) is 27.7 Å². The third-order valence-corrected chi connectivity index (χ3v) is 17.1. The topological polar surface area (TPSA) is 343 Å². The predicted molar refractivity (Wildman–Crippen MR) is 258 cm³/mol. The summed E-state index contributed by atoms with van der Waals surface area (Å²) in [6.07, 6.45) is -1.95. The number of phosphoric ester groups is 1. The van der Waals surface area contributed by atoms with Crippen molar-refractivity contribution in [3.63, 3.8) is 0 Å². The number of aromatic nitrogens is 2. The van der Waals surface area contributed by atoms with Gasteiger partial charge in [-0.05, 0) is 88.6 Å². The molecular weight excluding hydrogens is 1010 g/mol. The number of carboxylic acid groups (broad SMARTS) is 1. The highest BCUT2D eigenvalue weighted by molar-refractivity contribution is 8.77. The van der Waals surface area contributed by atoms with Gasteiger partial charge in [-0.25, -0.2) is 23.3 Å². The molecule has 5 atom stereocenters. The van der Waals surface area contributed by atoms with E-state index in [9.17, 15) is 43.0 Å². The lowest BCUT2D eigenvalue weighted by Gasteiger charge is -2.25. The Balaban J connectivity index is 1.14. The summed E-state index contributed by atoms with van der Waals surface area (Å²) in [6, 6.07) is 13.5. The smallest absolute Gasteiger partial charge is 0.478 e. The quantitative estimate of drug-likeness (QED) is 0.0126. The van der Waals surface area contributed by atoms with Gasteiger partial charge in [0.25, 0.3) is 5.91 Å². The molecule has 28 heteroatoms. The average Bonchev–Trinajstić information content (AvgIpc) is 3.65. The maximum absolute atomic E-state index is 13.7. The van der Waals surface area contributed by atoms with Crippen molar-refractivity contribution in [3.8, 4) is 22.5 Å². The first-order valence-corrected chi connectivity index (χ1v) is 27.8. The average molecular weight is 1060 g/mol.